The third-order valence-electron chi connectivity index (χ3n) is 3.33. The van der Waals surface area contributed by atoms with Crippen molar-refractivity contribution >= 4 is 23.3 Å². The molecule has 0 atom stereocenters. The molecule has 0 N–H and O–H groups in total. The van der Waals surface area contributed by atoms with Crippen LogP contribution in [0.4, 0.5) is 0 Å². The molecule has 2 aromatic rings. The van der Waals surface area contributed by atoms with Gasteiger partial charge in [0.2, 0.25) is 0 Å². The molecule has 0 saturated heterocycles. The smallest absolute Gasteiger partial charge is 0.133 e. The van der Waals surface area contributed by atoms with Crippen LogP contribution in [0.25, 0.3) is 11.6 Å². The highest BCUT2D eigenvalue weighted by Gasteiger charge is 2.14. The van der Waals surface area contributed by atoms with Crippen LogP contribution < -0.4 is 14.2 Å². The molecule has 0 aromatic heterocycles. The zero-order valence-corrected chi connectivity index (χ0v) is 13.8. The Labute approximate surface area is 140 Å². The first-order valence-corrected chi connectivity index (χ1v) is 7.19. The zero-order valence-electron chi connectivity index (χ0n) is 13.1. The van der Waals surface area contributed by atoms with Crippen molar-refractivity contribution in [2.75, 3.05) is 21.3 Å². The van der Waals surface area contributed by atoms with Crippen LogP contribution in [-0.2, 0) is 0 Å². The number of hydrogen-bond donors (Lipinski definition) is 0. The summed E-state index contributed by atoms with van der Waals surface area (Å²) in [4.78, 5) is 0. The Balaban J connectivity index is 2.65. The van der Waals surface area contributed by atoms with Crippen molar-refractivity contribution in [3.8, 4) is 23.3 Å². The lowest BCUT2D eigenvalue weighted by molar-refractivity contribution is 0.374. The molecule has 0 fully saturated rings. The number of benzene rings is 2. The lowest BCUT2D eigenvalue weighted by atomic mass is 10.0. The first-order chi connectivity index (χ1) is 11.1. The van der Waals surface area contributed by atoms with Crippen molar-refractivity contribution in [1.29, 1.82) is 5.26 Å². The molecule has 0 spiro atoms. The van der Waals surface area contributed by atoms with Crippen LogP contribution in [-0.4, -0.2) is 21.3 Å². The number of nitrogens with zero attached hydrogens (tertiary/aromatic N) is 1. The van der Waals surface area contributed by atoms with E-state index in [9.17, 15) is 5.26 Å². The number of halogens is 1. The van der Waals surface area contributed by atoms with E-state index in [0.717, 1.165) is 0 Å². The van der Waals surface area contributed by atoms with Crippen LogP contribution in [0.2, 0.25) is 5.02 Å². The normalized spacial score (nSPS) is 10.8. The van der Waals surface area contributed by atoms with Gasteiger partial charge < -0.3 is 14.2 Å². The molecule has 0 aliphatic carbocycles. The minimum atomic E-state index is 0.414. The first-order valence-electron chi connectivity index (χ1n) is 6.81. The van der Waals surface area contributed by atoms with Gasteiger partial charge in [-0.15, -0.1) is 0 Å². The fraction of sp³-hybridized carbons (Fsp3) is 0.167. The molecular formula is C18H16ClNO3. The Bertz CT molecular complexity index is 753. The van der Waals surface area contributed by atoms with Gasteiger partial charge in [-0.2, -0.15) is 5.26 Å². The molecule has 0 heterocycles. The molecule has 0 radical (unpaired) electrons. The number of rotatable bonds is 5. The van der Waals surface area contributed by atoms with E-state index in [4.69, 9.17) is 25.8 Å². The maximum atomic E-state index is 9.51. The molecule has 0 saturated carbocycles. The largest absolute Gasteiger partial charge is 0.496 e. The topological polar surface area (TPSA) is 51.5 Å². The van der Waals surface area contributed by atoms with Crippen LogP contribution >= 0.6 is 11.6 Å². The number of methoxy groups -OCH3 is 3. The van der Waals surface area contributed by atoms with E-state index in [0.29, 0.717) is 39.0 Å². The summed E-state index contributed by atoms with van der Waals surface area (Å²) in [6.45, 7) is 0. The van der Waals surface area contributed by atoms with Crippen molar-refractivity contribution in [3.05, 3.63) is 52.5 Å². The van der Waals surface area contributed by atoms with E-state index >= 15 is 0 Å². The van der Waals surface area contributed by atoms with Crippen LogP contribution in [0.5, 0.6) is 17.2 Å². The quantitative estimate of drug-likeness (QED) is 0.601. The standard InChI is InChI=1S/C18H16ClNO3/c1-21-13-9-17(22-2)15(18(10-13)23-3)8-12(11-20)14-6-4-5-7-16(14)19/h4-10H,1-3H3. The van der Waals surface area contributed by atoms with Gasteiger partial charge in [-0.05, 0) is 12.1 Å². The van der Waals surface area contributed by atoms with Crippen LogP contribution in [0.3, 0.4) is 0 Å². The summed E-state index contributed by atoms with van der Waals surface area (Å²) in [5.74, 6) is 1.69. The highest BCUT2D eigenvalue weighted by molar-refractivity contribution is 6.32. The highest BCUT2D eigenvalue weighted by atomic mass is 35.5. The third kappa shape index (κ3) is 3.58. The molecule has 2 rings (SSSR count). The van der Waals surface area contributed by atoms with Crippen molar-refractivity contribution in [2.24, 2.45) is 0 Å². The monoisotopic (exact) mass is 329 g/mol. The minimum absolute atomic E-state index is 0.414. The van der Waals surface area contributed by atoms with E-state index in [1.54, 1.807) is 51.7 Å². The second-order valence-corrected chi connectivity index (χ2v) is 5.00. The lowest BCUT2D eigenvalue weighted by Gasteiger charge is -2.13. The fourth-order valence-corrected chi connectivity index (χ4v) is 2.41. The molecular weight excluding hydrogens is 314 g/mol. The third-order valence-corrected chi connectivity index (χ3v) is 3.66. The Morgan fingerprint density at radius 3 is 2.13 bits per heavy atom. The Kier molecular flexibility index (Phi) is 5.51. The van der Waals surface area contributed by atoms with Gasteiger partial charge in [0, 0.05) is 22.7 Å². The minimum Gasteiger partial charge on any atom is -0.496 e. The van der Waals surface area contributed by atoms with Crippen molar-refractivity contribution in [1.82, 2.24) is 0 Å². The van der Waals surface area contributed by atoms with Crippen LogP contribution in [0, 0.1) is 11.3 Å². The van der Waals surface area contributed by atoms with Gasteiger partial charge in [-0.1, -0.05) is 29.8 Å². The molecule has 4 nitrogen and oxygen atoms in total. The molecule has 0 bridgehead atoms. The number of ether oxygens (including phenoxy) is 3. The summed E-state index contributed by atoms with van der Waals surface area (Å²) in [6, 6.07) is 12.8. The van der Waals surface area contributed by atoms with Gasteiger partial charge >= 0.3 is 0 Å². The maximum absolute atomic E-state index is 9.51. The van der Waals surface area contributed by atoms with Gasteiger partial charge in [0.1, 0.15) is 17.2 Å². The SMILES string of the molecule is COc1cc(OC)c(C=C(C#N)c2ccccc2Cl)c(OC)c1. The molecule has 5 heteroatoms. The molecule has 23 heavy (non-hydrogen) atoms. The molecule has 0 amide bonds. The molecule has 0 aliphatic rings. The summed E-state index contributed by atoms with van der Waals surface area (Å²) in [6.07, 6.45) is 1.69. The zero-order chi connectivity index (χ0) is 16.8. The van der Waals surface area contributed by atoms with E-state index in [2.05, 4.69) is 6.07 Å². The summed E-state index contributed by atoms with van der Waals surface area (Å²) >= 11 is 6.18. The van der Waals surface area contributed by atoms with E-state index in [-0.39, 0.29) is 0 Å². The van der Waals surface area contributed by atoms with Crippen LogP contribution in [0.15, 0.2) is 36.4 Å². The highest BCUT2D eigenvalue weighted by Crippen LogP contribution is 2.37. The Morgan fingerprint density at radius 1 is 1.04 bits per heavy atom. The van der Waals surface area contributed by atoms with Gasteiger partial charge in [0.25, 0.3) is 0 Å². The molecule has 118 valence electrons. The first kappa shape index (κ1) is 16.7. The second-order valence-electron chi connectivity index (χ2n) is 4.60. The van der Waals surface area contributed by atoms with Crippen molar-refractivity contribution < 1.29 is 14.2 Å². The molecule has 0 unspecified atom stereocenters. The number of hydrogen-bond acceptors (Lipinski definition) is 4. The van der Waals surface area contributed by atoms with Gasteiger partial charge in [0.05, 0.1) is 38.5 Å². The summed E-state index contributed by atoms with van der Waals surface area (Å²) < 4.78 is 16.0. The average molecular weight is 330 g/mol. The van der Waals surface area contributed by atoms with Crippen molar-refractivity contribution in [3.63, 3.8) is 0 Å². The Morgan fingerprint density at radius 2 is 1.65 bits per heavy atom. The van der Waals surface area contributed by atoms with E-state index in [1.807, 2.05) is 12.1 Å². The number of nitriles is 1. The van der Waals surface area contributed by atoms with Gasteiger partial charge in [-0.3, -0.25) is 0 Å². The van der Waals surface area contributed by atoms with Gasteiger partial charge in [-0.25, -0.2) is 0 Å². The van der Waals surface area contributed by atoms with E-state index < -0.39 is 0 Å². The van der Waals surface area contributed by atoms with Crippen molar-refractivity contribution in [2.45, 2.75) is 0 Å². The molecule has 0 aliphatic heterocycles. The summed E-state index contributed by atoms with van der Waals surface area (Å²) in [5, 5.41) is 10.0. The second kappa shape index (κ2) is 7.57. The predicted octanol–water partition coefficient (Wildman–Crippen LogP) is 4.43. The van der Waals surface area contributed by atoms with E-state index in [1.165, 1.54) is 0 Å². The Hall–Kier alpha value is -2.64. The maximum Gasteiger partial charge on any atom is 0.133 e. The summed E-state index contributed by atoms with van der Waals surface area (Å²) in [7, 11) is 4.66. The van der Waals surface area contributed by atoms with Crippen LogP contribution in [0.1, 0.15) is 11.1 Å². The van der Waals surface area contributed by atoms with Gasteiger partial charge in [0.15, 0.2) is 0 Å². The average Bonchev–Trinajstić information content (AvgIpc) is 2.59. The number of allylic oxidation sites excluding steroid dienone is 1. The summed E-state index contributed by atoms with van der Waals surface area (Å²) in [5.41, 5.74) is 1.71. The predicted molar refractivity (Wildman–Crippen MR) is 91.0 cm³/mol. The fourth-order valence-electron chi connectivity index (χ4n) is 2.17. The lowest BCUT2D eigenvalue weighted by Crippen LogP contribution is -1.95. The molecule has 2 aromatic carbocycles.